The molecule has 4 aromatic rings. The van der Waals surface area contributed by atoms with Crippen molar-refractivity contribution < 1.29 is 4.74 Å². The lowest BCUT2D eigenvalue weighted by molar-refractivity contribution is 0.340. The zero-order valence-corrected chi connectivity index (χ0v) is 31.4. The molecule has 4 heteroatoms. The second-order valence-corrected chi connectivity index (χ2v) is 13.4. The molecule has 4 aromatic carbocycles. The van der Waals surface area contributed by atoms with Gasteiger partial charge in [-0.05, 0) is 87.6 Å². The lowest BCUT2D eigenvalue weighted by Crippen LogP contribution is -2.13. The number of anilines is 3. The molecule has 266 valence electrons. The van der Waals surface area contributed by atoms with E-state index in [4.69, 9.17) is 4.74 Å². The number of hydrogen-bond acceptors (Lipinski definition) is 4. The molecule has 0 saturated carbocycles. The van der Waals surface area contributed by atoms with Crippen LogP contribution < -0.4 is 10.2 Å². The third-order valence-electron chi connectivity index (χ3n) is 8.85. The molecule has 54 heavy (non-hydrogen) atoms. The van der Waals surface area contributed by atoms with Crippen molar-refractivity contribution in [3.63, 3.8) is 0 Å². The Labute approximate surface area is 324 Å². The van der Waals surface area contributed by atoms with Crippen molar-refractivity contribution in [1.29, 1.82) is 0 Å². The van der Waals surface area contributed by atoms with Crippen LogP contribution >= 0.6 is 11.8 Å². The van der Waals surface area contributed by atoms with Crippen LogP contribution in [-0.2, 0) is 4.74 Å². The molecule has 2 heterocycles. The predicted molar refractivity (Wildman–Crippen MR) is 236 cm³/mol. The molecule has 0 bridgehead atoms. The molecule has 3 nitrogen and oxygen atoms in total. The summed E-state index contributed by atoms with van der Waals surface area (Å²) in [5, 5.41) is 3.61. The minimum Gasteiger partial charge on any atom is -0.504 e. The van der Waals surface area contributed by atoms with Crippen molar-refractivity contribution in [3.8, 4) is 11.1 Å². The first-order chi connectivity index (χ1) is 26.6. The molecule has 6 rings (SSSR count). The van der Waals surface area contributed by atoms with Gasteiger partial charge in [-0.1, -0.05) is 147 Å². The maximum atomic E-state index is 5.90. The van der Waals surface area contributed by atoms with Gasteiger partial charge >= 0.3 is 0 Å². The average molecular weight is 721 g/mol. The van der Waals surface area contributed by atoms with E-state index in [0.29, 0.717) is 0 Å². The molecule has 0 aromatic heterocycles. The zero-order chi connectivity index (χ0) is 37.5. The highest BCUT2D eigenvalue weighted by molar-refractivity contribution is 8.03. The molecule has 0 amide bonds. The van der Waals surface area contributed by atoms with Gasteiger partial charge in [-0.2, -0.15) is 0 Å². The minimum absolute atomic E-state index is 0.837. The topological polar surface area (TPSA) is 24.5 Å². The lowest BCUT2D eigenvalue weighted by Gasteiger charge is -2.27. The number of methoxy groups -OCH3 is 1. The first-order valence-corrected chi connectivity index (χ1v) is 18.8. The van der Waals surface area contributed by atoms with Crippen LogP contribution in [0.3, 0.4) is 0 Å². The number of fused-ring (bicyclic) bond motifs is 2. The van der Waals surface area contributed by atoms with E-state index in [1.54, 1.807) is 18.9 Å². The first-order valence-electron chi connectivity index (χ1n) is 17.8. The lowest BCUT2D eigenvalue weighted by atomic mass is 9.91. The molecule has 2 aliphatic heterocycles. The molecule has 0 saturated heterocycles. The van der Waals surface area contributed by atoms with E-state index in [0.717, 1.165) is 77.8 Å². The molecule has 2 aliphatic rings. The summed E-state index contributed by atoms with van der Waals surface area (Å²) >= 11 is 1.77. The van der Waals surface area contributed by atoms with Crippen LogP contribution in [0.15, 0.2) is 236 Å². The number of ether oxygens (including phenoxy) is 1. The number of nitrogens with zero attached hydrogens (tertiary/aromatic N) is 1. The summed E-state index contributed by atoms with van der Waals surface area (Å²) in [6.07, 6.45) is 30.5. The van der Waals surface area contributed by atoms with Crippen molar-refractivity contribution >= 4 is 40.0 Å². The Morgan fingerprint density at radius 3 is 2.33 bits per heavy atom. The molecular formula is C50H44N2OS. The fourth-order valence-electron chi connectivity index (χ4n) is 6.29. The van der Waals surface area contributed by atoms with Crippen LogP contribution in [-0.4, -0.2) is 12.9 Å². The van der Waals surface area contributed by atoms with Gasteiger partial charge < -0.3 is 15.0 Å². The molecule has 0 spiro atoms. The van der Waals surface area contributed by atoms with Gasteiger partial charge in [-0.15, -0.1) is 11.8 Å². The van der Waals surface area contributed by atoms with Gasteiger partial charge in [0.1, 0.15) is 0 Å². The van der Waals surface area contributed by atoms with E-state index in [1.165, 1.54) is 0 Å². The summed E-state index contributed by atoms with van der Waals surface area (Å²) in [6.45, 7) is 12.6. The maximum absolute atomic E-state index is 5.90. The van der Waals surface area contributed by atoms with E-state index in [2.05, 4.69) is 170 Å². The third kappa shape index (κ3) is 9.11. The predicted octanol–water partition coefficient (Wildman–Crippen LogP) is 13.5. The molecule has 1 N–H and O–H groups in total. The van der Waals surface area contributed by atoms with Crippen molar-refractivity contribution in [2.45, 2.75) is 0 Å². The summed E-state index contributed by atoms with van der Waals surface area (Å²) in [5.74, 6) is 0.837. The van der Waals surface area contributed by atoms with Crippen LogP contribution in [0.1, 0.15) is 11.1 Å². The van der Waals surface area contributed by atoms with Crippen molar-refractivity contribution in [1.82, 2.24) is 0 Å². The van der Waals surface area contributed by atoms with Gasteiger partial charge in [-0.3, -0.25) is 0 Å². The van der Waals surface area contributed by atoms with Gasteiger partial charge in [-0.25, -0.2) is 0 Å². The van der Waals surface area contributed by atoms with Gasteiger partial charge in [0.2, 0.25) is 0 Å². The number of thioether (sulfide) groups is 1. The molecule has 0 fully saturated rings. The SMILES string of the molecule is C=C/C=C1/C=C2/C(=C)/C=C\C=C/CS/C2=C/C=C/Nc2cccc(N(/C=C\C(=C/C=C)c3ccccc3)c3ccc(-c4ccccc4)cc3)c2/C1=C/OC. The highest BCUT2D eigenvalue weighted by atomic mass is 32.2. The smallest absolute Gasteiger partial charge is 0.0910 e. The van der Waals surface area contributed by atoms with E-state index in [-0.39, 0.29) is 0 Å². The van der Waals surface area contributed by atoms with E-state index < -0.39 is 0 Å². The van der Waals surface area contributed by atoms with E-state index >= 15 is 0 Å². The summed E-state index contributed by atoms with van der Waals surface area (Å²) < 4.78 is 5.90. The Balaban J connectivity index is 1.58. The zero-order valence-electron chi connectivity index (χ0n) is 30.6. The molecule has 0 aliphatic carbocycles. The summed E-state index contributed by atoms with van der Waals surface area (Å²) in [7, 11) is 1.69. The molecule has 0 atom stereocenters. The number of rotatable bonds is 9. The normalized spacial score (nSPS) is 19.9. The van der Waals surface area contributed by atoms with Gasteiger partial charge in [0.25, 0.3) is 0 Å². The van der Waals surface area contributed by atoms with Gasteiger partial charge in [0.05, 0.1) is 19.1 Å². The second kappa shape index (κ2) is 18.8. The third-order valence-corrected chi connectivity index (χ3v) is 9.88. The largest absolute Gasteiger partial charge is 0.504 e. The second-order valence-electron chi connectivity index (χ2n) is 12.4. The summed E-state index contributed by atoms with van der Waals surface area (Å²) in [5.41, 5.74) is 11.9. The van der Waals surface area contributed by atoms with Gasteiger partial charge in [0, 0.05) is 45.6 Å². The van der Waals surface area contributed by atoms with E-state index in [1.807, 2.05) is 55.0 Å². The van der Waals surface area contributed by atoms with Crippen molar-refractivity contribution in [2.24, 2.45) is 0 Å². The molecule has 0 radical (unpaired) electrons. The standard InChI is InChI=1S/C50H44N2OS/c1-5-18-39(40-21-11-7-12-22-40)32-34-52(44-30-28-42(29-31-44)41-23-13-8-14-24-41)48-26-16-25-47-50(48)46(37-53-4)43(19-6-2)36-45-38(3)20-10-9-15-35-54-49(45)27-17-33-51-47/h5-34,36-37,51H,1-3,35H2,4H3/b15-9-,20-10-,33-17+,34-32-,39-18+,43-19-,45-36-,46-37+,49-27+. The fraction of sp³-hybridized carbons (Fsp3) is 0.0400. The van der Waals surface area contributed by atoms with Gasteiger partial charge in [0.15, 0.2) is 0 Å². The Kier molecular flexibility index (Phi) is 13.0. The van der Waals surface area contributed by atoms with Crippen molar-refractivity contribution in [3.05, 3.63) is 247 Å². The van der Waals surface area contributed by atoms with Crippen LogP contribution in [0.5, 0.6) is 0 Å². The Morgan fingerprint density at radius 1 is 0.833 bits per heavy atom. The van der Waals surface area contributed by atoms with Crippen LogP contribution in [0.4, 0.5) is 17.1 Å². The Hall–Kier alpha value is -6.49. The van der Waals surface area contributed by atoms with E-state index in [9.17, 15) is 0 Å². The van der Waals surface area contributed by atoms with Crippen molar-refractivity contribution in [2.75, 3.05) is 23.1 Å². The molecule has 0 unspecified atom stereocenters. The highest BCUT2D eigenvalue weighted by Gasteiger charge is 2.22. The number of nitrogens with one attached hydrogen (secondary N) is 1. The minimum atomic E-state index is 0.837. The monoisotopic (exact) mass is 720 g/mol. The number of hydrogen-bond donors (Lipinski definition) is 1. The number of benzene rings is 4. The molecular weight excluding hydrogens is 677 g/mol. The summed E-state index contributed by atoms with van der Waals surface area (Å²) in [6, 6.07) is 35.8. The first kappa shape index (κ1) is 37.3. The maximum Gasteiger partial charge on any atom is 0.0910 e. The quantitative estimate of drug-likeness (QED) is 0.137. The van der Waals surface area contributed by atoms with Crippen LogP contribution in [0.25, 0.3) is 22.3 Å². The number of allylic oxidation sites excluding steroid dienone is 16. The average Bonchev–Trinajstić information content (AvgIpc) is 3.27. The van der Waals surface area contributed by atoms with Crippen LogP contribution in [0.2, 0.25) is 0 Å². The highest BCUT2D eigenvalue weighted by Crippen LogP contribution is 2.43. The van der Waals surface area contributed by atoms with Crippen LogP contribution in [0, 0.1) is 0 Å². The Bertz CT molecular complexity index is 2260. The Morgan fingerprint density at radius 2 is 1.59 bits per heavy atom. The fourth-order valence-corrected chi connectivity index (χ4v) is 7.19. The summed E-state index contributed by atoms with van der Waals surface area (Å²) in [4.78, 5) is 3.34.